The second-order valence-electron chi connectivity index (χ2n) is 8.60. The highest BCUT2D eigenvalue weighted by atomic mass is 32.1. The number of carbonyl (C=O) groups excluding carboxylic acids is 3. The van der Waals surface area contributed by atoms with Crippen molar-refractivity contribution in [1.82, 2.24) is 4.98 Å². The number of amides is 1. The van der Waals surface area contributed by atoms with Crippen LogP contribution in [-0.2, 0) is 14.3 Å². The summed E-state index contributed by atoms with van der Waals surface area (Å²) in [5.74, 6) is -1.30. The van der Waals surface area contributed by atoms with Gasteiger partial charge in [0.2, 0.25) is 0 Å². The van der Waals surface area contributed by atoms with Crippen molar-refractivity contribution >= 4 is 39.9 Å². The number of ether oxygens (including phenoxy) is 4. The molecule has 204 valence electrons. The highest BCUT2D eigenvalue weighted by Gasteiger charge is 2.48. The van der Waals surface area contributed by atoms with E-state index in [0.29, 0.717) is 40.7 Å². The number of thiazole rings is 1. The number of rotatable bonds is 8. The summed E-state index contributed by atoms with van der Waals surface area (Å²) in [6.07, 6.45) is 0. The fourth-order valence-corrected chi connectivity index (χ4v) is 5.43. The minimum Gasteiger partial charge on any atom is -0.507 e. The van der Waals surface area contributed by atoms with Crippen molar-refractivity contribution in [3.63, 3.8) is 0 Å². The maximum absolute atomic E-state index is 13.5. The van der Waals surface area contributed by atoms with Crippen LogP contribution in [0.3, 0.4) is 0 Å². The number of hydrogen-bond acceptors (Lipinski definition) is 10. The number of Topliss-reactive ketones (excluding diaryl/α,β-unsaturated/α-hetero) is 1. The first-order valence-corrected chi connectivity index (χ1v) is 12.8. The lowest BCUT2D eigenvalue weighted by atomic mass is 9.94. The Labute approximate surface area is 229 Å². The minimum atomic E-state index is -1.08. The van der Waals surface area contributed by atoms with E-state index in [4.69, 9.17) is 18.9 Å². The number of hydrogen-bond donors (Lipinski definition) is 1. The van der Waals surface area contributed by atoms with Crippen molar-refractivity contribution < 1.29 is 38.4 Å². The molecule has 1 aliphatic heterocycles. The summed E-state index contributed by atoms with van der Waals surface area (Å²) in [4.78, 5) is 45.1. The largest absolute Gasteiger partial charge is 0.507 e. The molecule has 0 spiro atoms. The standard InChI is InChI=1S/C28H28N2O8S/c1-7-38-19-11-8-16(13-20(19)36-5)22-21(23(31)17-9-10-18(35-4)14(2)12-17)24(32)26(33)30(22)28-29-15(3)25(39-28)27(34)37-6/h8-13,22,31H,7H2,1-6H3. The predicted molar refractivity (Wildman–Crippen MR) is 145 cm³/mol. The predicted octanol–water partition coefficient (Wildman–Crippen LogP) is 4.59. The number of esters is 1. The number of ketones is 1. The molecular weight excluding hydrogens is 524 g/mol. The lowest BCUT2D eigenvalue weighted by Gasteiger charge is -2.24. The topological polar surface area (TPSA) is 124 Å². The number of nitrogens with zero attached hydrogens (tertiary/aromatic N) is 2. The van der Waals surface area contributed by atoms with E-state index in [1.807, 2.05) is 6.92 Å². The van der Waals surface area contributed by atoms with E-state index in [9.17, 15) is 19.5 Å². The quantitative estimate of drug-likeness (QED) is 0.185. The van der Waals surface area contributed by atoms with E-state index in [-0.39, 0.29) is 21.3 Å². The summed E-state index contributed by atoms with van der Waals surface area (Å²) in [5.41, 5.74) is 1.74. The van der Waals surface area contributed by atoms with Crippen molar-refractivity contribution in [2.75, 3.05) is 32.8 Å². The molecule has 1 N–H and O–H groups in total. The molecule has 1 aromatic heterocycles. The summed E-state index contributed by atoms with van der Waals surface area (Å²) < 4.78 is 21.3. The van der Waals surface area contributed by atoms with Gasteiger partial charge in [0.05, 0.1) is 45.2 Å². The number of methoxy groups -OCH3 is 3. The molecule has 11 heteroatoms. The van der Waals surface area contributed by atoms with Gasteiger partial charge in [-0.25, -0.2) is 9.78 Å². The second-order valence-corrected chi connectivity index (χ2v) is 9.58. The molecule has 4 rings (SSSR count). The molecule has 0 bridgehead atoms. The third kappa shape index (κ3) is 4.92. The van der Waals surface area contributed by atoms with Crippen molar-refractivity contribution in [3.05, 3.63) is 69.2 Å². The summed E-state index contributed by atoms with van der Waals surface area (Å²) >= 11 is 0.922. The Bertz CT molecular complexity index is 1490. The first-order chi connectivity index (χ1) is 18.7. The van der Waals surface area contributed by atoms with Gasteiger partial charge in [0.15, 0.2) is 16.6 Å². The van der Waals surface area contributed by atoms with Crippen LogP contribution >= 0.6 is 11.3 Å². The zero-order chi connectivity index (χ0) is 28.4. The maximum Gasteiger partial charge on any atom is 0.350 e. The second kappa shape index (κ2) is 11.2. The van der Waals surface area contributed by atoms with Crippen LogP contribution in [0.1, 0.15) is 45.0 Å². The van der Waals surface area contributed by atoms with Gasteiger partial charge in [0.25, 0.3) is 5.78 Å². The van der Waals surface area contributed by atoms with E-state index in [2.05, 4.69) is 4.98 Å². The van der Waals surface area contributed by atoms with E-state index in [1.165, 1.54) is 26.2 Å². The van der Waals surface area contributed by atoms with Gasteiger partial charge >= 0.3 is 11.9 Å². The Kier molecular flexibility index (Phi) is 7.91. The Morgan fingerprint density at radius 1 is 1.03 bits per heavy atom. The molecule has 1 amide bonds. The van der Waals surface area contributed by atoms with Crippen molar-refractivity contribution in [1.29, 1.82) is 0 Å². The Balaban J connectivity index is 1.96. The highest BCUT2D eigenvalue weighted by Crippen LogP contribution is 2.45. The molecule has 1 atom stereocenters. The van der Waals surface area contributed by atoms with Crippen LogP contribution in [0.25, 0.3) is 5.76 Å². The molecule has 1 unspecified atom stereocenters. The summed E-state index contributed by atoms with van der Waals surface area (Å²) in [7, 11) is 4.26. The van der Waals surface area contributed by atoms with Gasteiger partial charge in [-0.1, -0.05) is 17.4 Å². The monoisotopic (exact) mass is 552 g/mol. The fourth-order valence-electron chi connectivity index (χ4n) is 4.42. The lowest BCUT2D eigenvalue weighted by Crippen LogP contribution is -2.29. The van der Waals surface area contributed by atoms with Gasteiger partial charge < -0.3 is 24.1 Å². The molecule has 39 heavy (non-hydrogen) atoms. The number of aryl methyl sites for hydroxylation is 2. The molecule has 0 saturated carbocycles. The van der Waals surface area contributed by atoms with Crippen molar-refractivity contribution in [2.24, 2.45) is 0 Å². The number of aliphatic hydroxyl groups excluding tert-OH is 1. The van der Waals surface area contributed by atoms with E-state index in [1.54, 1.807) is 50.2 Å². The van der Waals surface area contributed by atoms with Crippen LogP contribution < -0.4 is 19.1 Å². The third-order valence-corrected chi connectivity index (χ3v) is 7.41. The van der Waals surface area contributed by atoms with Crippen LogP contribution in [0.4, 0.5) is 5.13 Å². The van der Waals surface area contributed by atoms with Gasteiger partial charge in [-0.15, -0.1) is 0 Å². The van der Waals surface area contributed by atoms with Crippen LogP contribution in [0.2, 0.25) is 0 Å². The lowest BCUT2D eigenvalue weighted by molar-refractivity contribution is -0.132. The molecule has 2 aromatic carbocycles. The van der Waals surface area contributed by atoms with E-state index >= 15 is 0 Å². The number of aromatic nitrogens is 1. The summed E-state index contributed by atoms with van der Waals surface area (Å²) in [6.45, 7) is 5.65. The van der Waals surface area contributed by atoms with E-state index in [0.717, 1.165) is 16.9 Å². The number of aliphatic hydroxyl groups is 1. The van der Waals surface area contributed by atoms with Gasteiger partial charge in [-0.3, -0.25) is 14.5 Å². The average Bonchev–Trinajstić information content (AvgIpc) is 3.44. The SMILES string of the molecule is CCOc1ccc(C2C(=C(O)c3ccc(OC)c(C)c3)C(=O)C(=O)N2c2nc(C)c(C(=O)OC)s2)cc1OC. The molecule has 3 aromatic rings. The van der Waals surface area contributed by atoms with Crippen molar-refractivity contribution in [2.45, 2.75) is 26.8 Å². The highest BCUT2D eigenvalue weighted by molar-refractivity contribution is 7.17. The van der Waals surface area contributed by atoms with Gasteiger partial charge in [-0.2, -0.15) is 0 Å². The normalized spacial score (nSPS) is 16.4. The Hall–Kier alpha value is -4.38. The number of carbonyl (C=O) groups is 3. The Morgan fingerprint density at radius 3 is 2.33 bits per heavy atom. The maximum atomic E-state index is 13.5. The molecule has 1 aliphatic rings. The van der Waals surface area contributed by atoms with Crippen LogP contribution in [-0.4, -0.2) is 55.7 Å². The first kappa shape index (κ1) is 27.6. The van der Waals surface area contributed by atoms with E-state index < -0.39 is 23.7 Å². The van der Waals surface area contributed by atoms with Crippen LogP contribution in [0.5, 0.6) is 17.2 Å². The molecule has 0 radical (unpaired) electrons. The average molecular weight is 553 g/mol. The molecule has 1 fully saturated rings. The van der Waals surface area contributed by atoms with Gasteiger partial charge in [0.1, 0.15) is 16.4 Å². The van der Waals surface area contributed by atoms with Crippen molar-refractivity contribution in [3.8, 4) is 17.2 Å². The molecular formula is C28H28N2O8S. The summed E-state index contributed by atoms with van der Waals surface area (Å²) in [6, 6.07) is 8.86. The molecule has 10 nitrogen and oxygen atoms in total. The molecule has 2 heterocycles. The number of benzene rings is 2. The summed E-state index contributed by atoms with van der Waals surface area (Å²) in [5, 5.41) is 11.5. The fraction of sp³-hybridized carbons (Fsp3) is 0.286. The number of anilines is 1. The molecule has 0 aliphatic carbocycles. The minimum absolute atomic E-state index is 0.109. The molecule has 1 saturated heterocycles. The first-order valence-electron chi connectivity index (χ1n) is 12.0. The van der Waals surface area contributed by atoms with Gasteiger partial charge in [0, 0.05) is 5.56 Å². The van der Waals surface area contributed by atoms with Crippen LogP contribution in [0, 0.1) is 13.8 Å². The van der Waals surface area contributed by atoms with Crippen LogP contribution in [0.15, 0.2) is 42.0 Å². The zero-order valence-electron chi connectivity index (χ0n) is 22.4. The zero-order valence-corrected chi connectivity index (χ0v) is 23.2. The Morgan fingerprint density at radius 2 is 1.72 bits per heavy atom. The third-order valence-electron chi connectivity index (χ3n) is 6.28. The van der Waals surface area contributed by atoms with Gasteiger partial charge in [-0.05, 0) is 62.2 Å². The smallest absolute Gasteiger partial charge is 0.350 e.